The Labute approximate surface area is 123 Å². The number of hydrogen-bond acceptors (Lipinski definition) is 1. The van der Waals surface area contributed by atoms with E-state index < -0.39 is 9.75 Å². The maximum atomic E-state index is 12.2. The van der Waals surface area contributed by atoms with Gasteiger partial charge in [-0.3, -0.25) is 4.79 Å². The molecule has 0 heterocycles. The van der Waals surface area contributed by atoms with Crippen LogP contribution >= 0.6 is 23.2 Å². The highest BCUT2D eigenvalue weighted by atomic mass is 35.5. The Kier molecular flexibility index (Phi) is 2.88. The molecule has 0 spiro atoms. The van der Waals surface area contributed by atoms with E-state index in [1.165, 1.54) is 5.56 Å². The van der Waals surface area contributed by atoms with Crippen LogP contribution in [0.5, 0.6) is 0 Å². The SMILES string of the molecule is CC1(C(=O)NCC2(c3ccccc3)CC2)CC1(Cl)Cl. The van der Waals surface area contributed by atoms with Gasteiger partial charge in [0.15, 0.2) is 0 Å². The zero-order chi connectivity index (χ0) is 13.7. The average molecular weight is 298 g/mol. The number of benzene rings is 1. The number of carbonyl (C=O) groups is 1. The number of alkyl halides is 2. The van der Waals surface area contributed by atoms with Gasteiger partial charge in [-0.25, -0.2) is 0 Å². The van der Waals surface area contributed by atoms with Gasteiger partial charge in [-0.05, 0) is 31.7 Å². The summed E-state index contributed by atoms with van der Waals surface area (Å²) in [7, 11) is 0. The molecule has 19 heavy (non-hydrogen) atoms. The molecule has 1 aromatic carbocycles. The molecule has 2 nitrogen and oxygen atoms in total. The van der Waals surface area contributed by atoms with Crippen LogP contribution in [-0.2, 0) is 10.2 Å². The van der Waals surface area contributed by atoms with Gasteiger partial charge in [0.2, 0.25) is 5.91 Å². The average Bonchev–Trinajstić information content (AvgIpc) is 3.26. The number of nitrogens with one attached hydrogen (secondary N) is 1. The van der Waals surface area contributed by atoms with E-state index in [0.29, 0.717) is 13.0 Å². The van der Waals surface area contributed by atoms with Crippen molar-refractivity contribution in [2.24, 2.45) is 5.41 Å². The van der Waals surface area contributed by atoms with Gasteiger partial charge in [0.05, 0.1) is 5.41 Å². The minimum atomic E-state index is -0.888. The third kappa shape index (κ3) is 2.15. The van der Waals surface area contributed by atoms with Crippen molar-refractivity contribution in [1.29, 1.82) is 0 Å². The standard InChI is InChI=1S/C15H17Cl2NO/c1-13(9-15(13,16)17)12(19)18-10-14(7-8-14)11-5-3-2-4-6-11/h2-6H,7-10H2,1H3,(H,18,19). The van der Waals surface area contributed by atoms with Crippen molar-refractivity contribution in [3.05, 3.63) is 35.9 Å². The molecule has 102 valence electrons. The Bertz CT molecular complexity index is 510. The largest absolute Gasteiger partial charge is 0.355 e. The summed E-state index contributed by atoms with van der Waals surface area (Å²) in [5, 5.41) is 3.03. The van der Waals surface area contributed by atoms with Crippen LogP contribution in [0.15, 0.2) is 30.3 Å². The Morgan fingerprint density at radius 2 is 1.84 bits per heavy atom. The van der Waals surface area contributed by atoms with Crippen LogP contribution in [0.25, 0.3) is 0 Å². The summed E-state index contributed by atoms with van der Waals surface area (Å²) < 4.78 is -0.888. The van der Waals surface area contributed by atoms with Crippen LogP contribution in [0, 0.1) is 5.41 Å². The first-order valence-corrected chi connectivity index (χ1v) is 7.37. The second kappa shape index (κ2) is 4.13. The van der Waals surface area contributed by atoms with E-state index >= 15 is 0 Å². The molecule has 1 atom stereocenters. The molecule has 0 aromatic heterocycles. The van der Waals surface area contributed by atoms with Crippen molar-refractivity contribution in [3.8, 4) is 0 Å². The lowest BCUT2D eigenvalue weighted by atomic mass is 9.95. The number of halogens is 2. The van der Waals surface area contributed by atoms with Crippen LogP contribution in [-0.4, -0.2) is 16.8 Å². The van der Waals surface area contributed by atoms with Gasteiger partial charge in [-0.1, -0.05) is 30.3 Å². The molecule has 1 aromatic rings. The van der Waals surface area contributed by atoms with Crippen LogP contribution in [0.3, 0.4) is 0 Å². The highest BCUT2D eigenvalue weighted by Crippen LogP contribution is 2.63. The lowest BCUT2D eigenvalue weighted by Crippen LogP contribution is -2.38. The third-order valence-corrected chi connectivity index (χ3v) is 5.69. The predicted octanol–water partition coefficient (Wildman–Crippen LogP) is 3.42. The molecule has 0 aliphatic heterocycles. The fourth-order valence-corrected chi connectivity index (χ4v) is 3.31. The number of amides is 1. The van der Waals surface area contributed by atoms with Crippen molar-refractivity contribution in [2.45, 2.75) is 35.9 Å². The molecule has 2 fully saturated rings. The van der Waals surface area contributed by atoms with Crippen molar-refractivity contribution in [3.63, 3.8) is 0 Å². The summed E-state index contributed by atoms with van der Waals surface area (Å²) in [6.07, 6.45) is 2.79. The van der Waals surface area contributed by atoms with Crippen molar-refractivity contribution >= 4 is 29.1 Å². The molecule has 1 N–H and O–H groups in total. The minimum absolute atomic E-state index is 0.0280. The number of hydrogen-bond donors (Lipinski definition) is 1. The van der Waals surface area contributed by atoms with Gasteiger partial charge < -0.3 is 5.32 Å². The van der Waals surface area contributed by atoms with Gasteiger partial charge in [0.1, 0.15) is 4.33 Å². The number of carbonyl (C=O) groups excluding carboxylic acids is 1. The highest BCUT2D eigenvalue weighted by molar-refractivity contribution is 6.53. The van der Waals surface area contributed by atoms with Gasteiger partial charge in [-0.15, -0.1) is 23.2 Å². The van der Waals surface area contributed by atoms with E-state index in [1.54, 1.807) is 0 Å². The third-order valence-electron chi connectivity index (χ3n) is 4.59. The summed E-state index contributed by atoms with van der Waals surface area (Å²) in [6.45, 7) is 2.50. The van der Waals surface area contributed by atoms with E-state index in [-0.39, 0.29) is 11.3 Å². The van der Waals surface area contributed by atoms with Crippen LogP contribution in [0.2, 0.25) is 0 Å². The van der Waals surface area contributed by atoms with E-state index in [9.17, 15) is 4.79 Å². The molecular weight excluding hydrogens is 281 g/mol. The van der Waals surface area contributed by atoms with Crippen LogP contribution < -0.4 is 5.32 Å². The van der Waals surface area contributed by atoms with Gasteiger partial charge >= 0.3 is 0 Å². The summed E-state index contributed by atoms with van der Waals surface area (Å²) in [4.78, 5) is 12.2. The van der Waals surface area contributed by atoms with E-state index in [0.717, 1.165) is 12.8 Å². The fraction of sp³-hybridized carbons (Fsp3) is 0.533. The molecule has 1 amide bonds. The second-order valence-corrected chi connectivity index (χ2v) is 7.53. The molecule has 0 saturated heterocycles. The molecular formula is C15H17Cl2NO. The zero-order valence-corrected chi connectivity index (χ0v) is 12.4. The van der Waals surface area contributed by atoms with Crippen molar-refractivity contribution in [2.75, 3.05) is 6.54 Å². The van der Waals surface area contributed by atoms with Crippen molar-refractivity contribution in [1.82, 2.24) is 5.32 Å². The Hall–Kier alpha value is -0.730. The summed E-state index contributed by atoms with van der Waals surface area (Å²) in [5.74, 6) is -0.0280. The van der Waals surface area contributed by atoms with Gasteiger partial charge in [0, 0.05) is 12.0 Å². The van der Waals surface area contributed by atoms with Crippen LogP contribution in [0.1, 0.15) is 31.7 Å². The normalized spacial score (nSPS) is 29.6. The van der Waals surface area contributed by atoms with Crippen molar-refractivity contribution < 1.29 is 4.79 Å². The number of rotatable bonds is 4. The Morgan fingerprint density at radius 1 is 1.26 bits per heavy atom. The maximum Gasteiger partial charge on any atom is 0.229 e. The minimum Gasteiger partial charge on any atom is -0.355 e. The van der Waals surface area contributed by atoms with Gasteiger partial charge in [0.25, 0.3) is 0 Å². The quantitative estimate of drug-likeness (QED) is 0.848. The lowest BCUT2D eigenvalue weighted by Gasteiger charge is -2.19. The Balaban J connectivity index is 1.63. The molecule has 4 heteroatoms. The first-order valence-electron chi connectivity index (χ1n) is 6.61. The van der Waals surface area contributed by atoms with Crippen LogP contribution in [0.4, 0.5) is 0 Å². The zero-order valence-electron chi connectivity index (χ0n) is 10.9. The first kappa shape index (κ1) is 13.3. The molecule has 3 rings (SSSR count). The fourth-order valence-electron chi connectivity index (χ4n) is 2.60. The molecule has 0 radical (unpaired) electrons. The smallest absolute Gasteiger partial charge is 0.229 e. The molecule has 0 bridgehead atoms. The summed E-state index contributed by atoms with van der Waals surface area (Å²) >= 11 is 12.1. The Morgan fingerprint density at radius 3 is 2.32 bits per heavy atom. The topological polar surface area (TPSA) is 29.1 Å². The molecule has 1 unspecified atom stereocenters. The maximum absolute atomic E-state index is 12.2. The van der Waals surface area contributed by atoms with E-state index in [2.05, 4.69) is 17.4 Å². The molecule has 2 aliphatic rings. The summed E-state index contributed by atoms with van der Waals surface area (Å²) in [6, 6.07) is 10.4. The monoisotopic (exact) mass is 297 g/mol. The van der Waals surface area contributed by atoms with Gasteiger partial charge in [-0.2, -0.15) is 0 Å². The molecule has 2 aliphatic carbocycles. The first-order chi connectivity index (χ1) is 8.90. The lowest BCUT2D eigenvalue weighted by molar-refractivity contribution is -0.125. The second-order valence-electron chi connectivity index (χ2n) is 6.04. The highest BCUT2D eigenvalue weighted by Gasteiger charge is 2.68. The van der Waals surface area contributed by atoms with E-state index in [4.69, 9.17) is 23.2 Å². The molecule has 2 saturated carbocycles. The predicted molar refractivity (Wildman–Crippen MR) is 77.5 cm³/mol. The summed E-state index contributed by atoms with van der Waals surface area (Å²) in [5.41, 5.74) is 0.811. The van der Waals surface area contributed by atoms with E-state index in [1.807, 2.05) is 25.1 Å².